The lowest BCUT2D eigenvalue weighted by Gasteiger charge is -2.18. The summed E-state index contributed by atoms with van der Waals surface area (Å²) in [5.41, 5.74) is 0. The van der Waals surface area contributed by atoms with Gasteiger partial charge in [0.25, 0.3) is 0 Å². The highest BCUT2D eigenvalue weighted by Crippen LogP contribution is 2.16. The quantitative estimate of drug-likeness (QED) is 0.0261. The number of esters is 3. The first-order valence-corrected chi connectivity index (χ1v) is 31.9. The summed E-state index contributed by atoms with van der Waals surface area (Å²) in [6.07, 6.45) is 86.8. The van der Waals surface area contributed by atoms with E-state index in [4.69, 9.17) is 14.2 Å². The van der Waals surface area contributed by atoms with Crippen LogP contribution in [0.25, 0.3) is 0 Å². The number of carbonyl (C=O) groups excluding carboxylic acids is 3. The second-order valence-corrected chi connectivity index (χ2v) is 20.9. The Kier molecular flexibility index (Phi) is 60.3. The molecule has 0 aromatic carbocycles. The van der Waals surface area contributed by atoms with Gasteiger partial charge in [0.15, 0.2) is 6.10 Å². The highest BCUT2D eigenvalue weighted by molar-refractivity contribution is 5.71. The first kappa shape index (κ1) is 72.1. The minimum absolute atomic E-state index is 0.107. The fraction of sp³-hybridized carbons (Fsp3) is 0.700. The van der Waals surface area contributed by atoms with Crippen molar-refractivity contribution in [2.24, 2.45) is 0 Å². The highest BCUT2D eigenvalue weighted by Gasteiger charge is 2.19. The lowest BCUT2D eigenvalue weighted by Crippen LogP contribution is -2.30. The summed E-state index contributed by atoms with van der Waals surface area (Å²) in [7, 11) is 0. The second-order valence-electron chi connectivity index (χ2n) is 20.9. The summed E-state index contributed by atoms with van der Waals surface area (Å²) in [4.78, 5) is 38.2. The molecular weight excluding hydrogens is 937 g/mol. The van der Waals surface area contributed by atoms with Crippen molar-refractivity contribution in [3.63, 3.8) is 0 Å². The molecule has 0 rings (SSSR count). The molecule has 0 heterocycles. The first-order valence-electron chi connectivity index (χ1n) is 31.9. The van der Waals surface area contributed by atoms with Gasteiger partial charge in [0.1, 0.15) is 13.2 Å². The third kappa shape index (κ3) is 60.9. The summed E-state index contributed by atoms with van der Waals surface area (Å²) >= 11 is 0. The number of ether oxygens (including phenoxy) is 3. The zero-order valence-electron chi connectivity index (χ0n) is 49.7. The Bertz CT molecular complexity index is 1540. The number of unbranched alkanes of at least 4 members (excludes halogenated alkanes) is 28. The van der Waals surface area contributed by atoms with Gasteiger partial charge in [-0.25, -0.2) is 0 Å². The zero-order valence-corrected chi connectivity index (χ0v) is 49.7. The van der Waals surface area contributed by atoms with E-state index in [1.165, 1.54) is 161 Å². The number of carbonyl (C=O) groups is 3. The molecule has 0 radical (unpaired) electrons. The summed E-state index contributed by atoms with van der Waals surface area (Å²) < 4.78 is 16.8. The zero-order chi connectivity index (χ0) is 55.0. The van der Waals surface area contributed by atoms with Crippen molar-refractivity contribution in [3.8, 4) is 0 Å². The Morgan fingerprint density at radius 3 is 0.855 bits per heavy atom. The maximum Gasteiger partial charge on any atom is 0.306 e. The van der Waals surface area contributed by atoms with Crippen molar-refractivity contribution >= 4 is 17.9 Å². The van der Waals surface area contributed by atoms with Crippen molar-refractivity contribution in [2.45, 2.75) is 303 Å². The van der Waals surface area contributed by atoms with Gasteiger partial charge in [-0.05, 0) is 96.3 Å². The molecule has 0 aromatic rings. The van der Waals surface area contributed by atoms with Crippen LogP contribution in [0.15, 0.2) is 109 Å². The Balaban J connectivity index is 4.36. The van der Waals surface area contributed by atoms with Crippen LogP contribution >= 0.6 is 0 Å². The lowest BCUT2D eigenvalue weighted by molar-refractivity contribution is -0.166. The second kappa shape index (κ2) is 63.6. The minimum atomic E-state index is -0.820. The van der Waals surface area contributed by atoms with E-state index in [1.54, 1.807) is 0 Å². The van der Waals surface area contributed by atoms with Gasteiger partial charge in [-0.2, -0.15) is 0 Å². The predicted octanol–water partition coefficient (Wildman–Crippen LogP) is 21.8. The van der Waals surface area contributed by atoms with Gasteiger partial charge in [-0.15, -0.1) is 0 Å². The monoisotopic (exact) mass is 1050 g/mol. The molecule has 1 unspecified atom stereocenters. The standard InChI is InChI=1S/C70H118O6/c1-4-7-10-13-16-19-22-25-27-29-31-32-33-34-35-36-37-38-40-41-43-45-48-51-54-57-60-63-69(72)75-66-67(65-74-68(71)62-59-56-53-50-47-24-21-18-15-12-9-6-3)76-70(73)64-61-58-55-52-49-46-44-42-39-30-28-26-23-20-17-14-11-8-5-2/h8,11,17,20,22,25-26,28-29,31,33-34,39,42,46,49,55,58,67H,4-7,9-10,12-16,18-19,21,23-24,27,30,32,35-38,40-41,43-45,47-48,50-54,56-57,59-66H2,1-3H3/b11-8-,20-17-,25-22-,28-26-,31-29-,34-33-,42-39-,49-46-,58-55-. The Labute approximate surface area is 470 Å². The Hall–Kier alpha value is -3.93. The molecule has 0 aromatic heterocycles. The molecule has 434 valence electrons. The minimum Gasteiger partial charge on any atom is -0.462 e. The van der Waals surface area contributed by atoms with Gasteiger partial charge < -0.3 is 14.2 Å². The van der Waals surface area contributed by atoms with Crippen molar-refractivity contribution in [3.05, 3.63) is 109 Å². The lowest BCUT2D eigenvalue weighted by atomic mass is 10.0. The van der Waals surface area contributed by atoms with E-state index in [9.17, 15) is 14.4 Å². The largest absolute Gasteiger partial charge is 0.462 e. The first-order chi connectivity index (χ1) is 37.5. The maximum absolute atomic E-state index is 12.9. The fourth-order valence-corrected chi connectivity index (χ4v) is 8.77. The molecule has 6 heteroatoms. The third-order valence-electron chi connectivity index (χ3n) is 13.5. The Morgan fingerprint density at radius 1 is 0.276 bits per heavy atom. The van der Waals surface area contributed by atoms with Crippen LogP contribution < -0.4 is 0 Å². The summed E-state index contributed by atoms with van der Waals surface area (Å²) in [6.45, 7) is 6.46. The molecule has 0 spiro atoms. The summed E-state index contributed by atoms with van der Waals surface area (Å²) in [5.74, 6) is -0.988. The van der Waals surface area contributed by atoms with Gasteiger partial charge in [0, 0.05) is 19.3 Å². The average molecular weight is 1060 g/mol. The van der Waals surface area contributed by atoms with Crippen molar-refractivity contribution in [1.29, 1.82) is 0 Å². The Morgan fingerprint density at radius 2 is 0.539 bits per heavy atom. The van der Waals surface area contributed by atoms with Crippen LogP contribution in [-0.2, 0) is 28.6 Å². The molecule has 0 saturated carbocycles. The van der Waals surface area contributed by atoms with Gasteiger partial charge in [-0.1, -0.05) is 291 Å². The number of hydrogen-bond acceptors (Lipinski definition) is 6. The highest BCUT2D eigenvalue weighted by atomic mass is 16.6. The van der Waals surface area contributed by atoms with Crippen LogP contribution in [0.2, 0.25) is 0 Å². The van der Waals surface area contributed by atoms with Crippen LogP contribution in [-0.4, -0.2) is 37.2 Å². The van der Waals surface area contributed by atoms with Crippen molar-refractivity contribution < 1.29 is 28.6 Å². The molecule has 1 atom stereocenters. The fourth-order valence-electron chi connectivity index (χ4n) is 8.77. The molecular formula is C70H118O6. The van der Waals surface area contributed by atoms with E-state index in [0.29, 0.717) is 19.3 Å². The predicted molar refractivity (Wildman–Crippen MR) is 330 cm³/mol. The number of rotatable bonds is 57. The van der Waals surface area contributed by atoms with E-state index in [0.717, 1.165) is 89.9 Å². The molecule has 0 fully saturated rings. The van der Waals surface area contributed by atoms with Crippen LogP contribution in [0.5, 0.6) is 0 Å². The van der Waals surface area contributed by atoms with Gasteiger partial charge in [0.05, 0.1) is 0 Å². The maximum atomic E-state index is 12.9. The van der Waals surface area contributed by atoms with Crippen LogP contribution in [0.1, 0.15) is 297 Å². The van der Waals surface area contributed by atoms with E-state index in [2.05, 4.69) is 124 Å². The number of allylic oxidation sites excluding steroid dienone is 18. The van der Waals surface area contributed by atoms with Crippen molar-refractivity contribution in [2.75, 3.05) is 13.2 Å². The molecule has 0 amide bonds. The molecule has 0 aliphatic rings. The van der Waals surface area contributed by atoms with Crippen LogP contribution in [0, 0.1) is 0 Å². The molecule has 0 aliphatic carbocycles. The topological polar surface area (TPSA) is 78.9 Å². The van der Waals surface area contributed by atoms with Crippen LogP contribution in [0.3, 0.4) is 0 Å². The van der Waals surface area contributed by atoms with Gasteiger partial charge in [0.2, 0.25) is 0 Å². The molecule has 0 N–H and O–H groups in total. The SMILES string of the molecule is CC/C=C\C/C=C\C/C=C\C/C=C\C/C=C\C/C=C\CCC(=O)OC(COC(=O)CCCCCCCCCCCCCC)COC(=O)CCCCCCCCCCCCCC/C=C\C/C=C\C/C=C\CCCCCCC. The summed E-state index contributed by atoms with van der Waals surface area (Å²) in [5, 5.41) is 0. The molecule has 0 saturated heterocycles. The van der Waals surface area contributed by atoms with E-state index in [1.807, 2.05) is 6.08 Å². The molecule has 0 bridgehead atoms. The van der Waals surface area contributed by atoms with Crippen molar-refractivity contribution in [1.82, 2.24) is 0 Å². The third-order valence-corrected chi connectivity index (χ3v) is 13.5. The van der Waals surface area contributed by atoms with Gasteiger partial charge >= 0.3 is 17.9 Å². The molecule has 76 heavy (non-hydrogen) atoms. The molecule has 0 aliphatic heterocycles. The number of hydrogen-bond donors (Lipinski definition) is 0. The van der Waals surface area contributed by atoms with Gasteiger partial charge in [-0.3, -0.25) is 14.4 Å². The normalized spacial score (nSPS) is 12.8. The molecule has 6 nitrogen and oxygen atoms in total. The van der Waals surface area contributed by atoms with E-state index >= 15 is 0 Å². The average Bonchev–Trinajstić information content (AvgIpc) is 3.42. The van der Waals surface area contributed by atoms with Crippen LogP contribution in [0.4, 0.5) is 0 Å². The smallest absolute Gasteiger partial charge is 0.306 e. The van der Waals surface area contributed by atoms with E-state index in [-0.39, 0.29) is 31.6 Å². The van der Waals surface area contributed by atoms with E-state index < -0.39 is 12.1 Å². The summed E-state index contributed by atoms with van der Waals surface area (Å²) in [6, 6.07) is 0.